The normalized spacial score (nSPS) is 17.3. The number of pyridine rings is 1. The van der Waals surface area contributed by atoms with E-state index < -0.39 is 5.97 Å². The number of hydrogen-bond donors (Lipinski definition) is 2. The lowest BCUT2D eigenvalue weighted by Gasteiger charge is -2.26. The van der Waals surface area contributed by atoms with Crippen LogP contribution >= 0.6 is 12.2 Å². The number of rotatable bonds is 7. The lowest BCUT2D eigenvalue weighted by molar-refractivity contribution is 0.0697. The molecule has 0 radical (unpaired) electrons. The minimum atomic E-state index is -1.01. The highest BCUT2D eigenvalue weighted by Gasteiger charge is 2.42. The zero-order chi connectivity index (χ0) is 24.4. The summed E-state index contributed by atoms with van der Waals surface area (Å²) in [7, 11) is 0. The number of nitrogens with one attached hydrogen (secondary N) is 1. The fraction of sp³-hybridized carbons (Fsp3) is 0.148. The maximum absolute atomic E-state index is 11.8. The van der Waals surface area contributed by atoms with E-state index in [4.69, 9.17) is 21.4 Å². The highest BCUT2D eigenvalue weighted by atomic mass is 32.1. The molecule has 0 bridgehead atoms. The number of thiocarbonyl (C=S) groups is 1. The van der Waals surface area contributed by atoms with Gasteiger partial charge in [-0.05, 0) is 73.7 Å². The van der Waals surface area contributed by atoms with E-state index in [-0.39, 0.29) is 17.6 Å². The molecule has 5 rings (SSSR count). The highest BCUT2D eigenvalue weighted by molar-refractivity contribution is 7.80. The van der Waals surface area contributed by atoms with Crippen LogP contribution in [0.5, 0.6) is 5.75 Å². The average molecular weight is 486 g/mol. The molecule has 2 N–H and O–H groups in total. The first kappa shape index (κ1) is 22.6. The Labute approximate surface area is 208 Å². The summed E-state index contributed by atoms with van der Waals surface area (Å²) in [6, 6.07) is 23.3. The van der Waals surface area contributed by atoms with Crippen LogP contribution in [-0.4, -0.2) is 27.8 Å². The summed E-state index contributed by atoms with van der Waals surface area (Å²) < 4.78 is 11.9. The molecule has 4 aromatic rings. The summed E-state index contributed by atoms with van der Waals surface area (Å²) in [5, 5.41) is 13.6. The van der Waals surface area contributed by atoms with Crippen molar-refractivity contribution in [3.63, 3.8) is 0 Å². The number of carboxylic acid groups (broad SMARTS) is 1. The van der Waals surface area contributed by atoms with E-state index in [1.54, 1.807) is 36.5 Å². The van der Waals surface area contributed by atoms with Crippen molar-refractivity contribution in [3.8, 4) is 17.1 Å². The van der Waals surface area contributed by atoms with Gasteiger partial charge in [-0.2, -0.15) is 0 Å². The predicted molar refractivity (Wildman–Crippen MR) is 137 cm³/mol. The lowest BCUT2D eigenvalue weighted by Crippen LogP contribution is -2.29. The Hall–Kier alpha value is -4.17. The van der Waals surface area contributed by atoms with Crippen LogP contribution < -0.4 is 15.0 Å². The molecule has 0 spiro atoms. The number of aromatic nitrogens is 1. The molecule has 7 nitrogen and oxygen atoms in total. The van der Waals surface area contributed by atoms with E-state index in [9.17, 15) is 9.90 Å². The molecule has 1 saturated heterocycles. The van der Waals surface area contributed by atoms with E-state index in [0.29, 0.717) is 28.8 Å². The standard InChI is InChI=1S/C27H23N3O4S/c1-2-33-18-12-10-17(11-13-18)30-25(24(29-27(30)35)21-9-5-6-16-28-21)23-15-14-22(34-23)19-7-3-4-8-20(19)26(31)32/h3-16,24-25H,2H2,1H3,(H,29,35)(H,31,32)/t24-,25-/m0/s1. The molecule has 2 atom stereocenters. The van der Waals surface area contributed by atoms with Gasteiger partial charge < -0.3 is 24.5 Å². The van der Waals surface area contributed by atoms with Gasteiger partial charge in [0.15, 0.2) is 5.11 Å². The van der Waals surface area contributed by atoms with E-state index >= 15 is 0 Å². The van der Waals surface area contributed by atoms with Crippen molar-refractivity contribution in [3.05, 3.63) is 102 Å². The quantitative estimate of drug-likeness (QED) is 0.326. The van der Waals surface area contributed by atoms with Gasteiger partial charge in [0.25, 0.3) is 0 Å². The summed E-state index contributed by atoms with van der Waals surface area (Å²) in [6.07, 6.45) is 1.74. The predicted octanol–water partition coefficient (Wildman–Crippen LogP) is 5.62. The van der Waals surface area contributed by atoms with E-state index in [1.165, 1.54) is 0 Å². The highest BCUT2D eigenvalue weighted by Crippen LogP contribution is 2.43. The Morgan fingerprint density at radius 3 is 2.57 bits per heavy atom. The number of furan rings is 1. The van der Waals surface area contributed by atoms with Gasteiger partial charge in [-0.15, -0.1) is 0 Å². The van der Waals surface area contributed by atoms with E-state index in [2.05, 4.69) is 10.3 Å². The number of benzene rings is 2. The zero-order valence-electron chi connectivity index (χ0n) is 18.9. The summed E-state index contributed by atoms with van der Waals surface area (Å²) >= 11 is 5.75. The summed E-state index contributed by atoms with van der Waals surface area (Å²) in [5.74, 6) is 0.877. The van der Waals surface area contributed by atoms with Crippen molar-refractivity contribution in [1.82, 2.24) is 10.3 Å². The second-order valence-electron chi connectivity index (χ2n) is 7.98. The number of nitrogens with zero attached hydrogens (tertiary/aromatic N) is 2. The van der Waals surface area contributed by atoms with Gasteiger partial charge in [0.2, 0.25) is 0 Å². The van der Waals surface area contributed by atoms with Crippen LogP contribution in [0.3, 0.4) is 0 Å². The Bertz CT molecular complexity index is 1350. The lowest BCUT2D eigenvalue weighted by atomic mass is 10.0. The molecule has 0 amide bonds. The first-order valence-corrected chi connectivity index (χ1v) is 11.6. The van der Waals surface area contributed by atoms with Gasteiger partial charge in [0, 0.05) is 17.4 Å². The monoisotopic (exact) mass is 485 g/mol. The van der Waals surface area contributed by atoms with Crippen LogP contribution in [0.1, 0.15) is 40.8 Å². The molecular weight excluding hydrogens is 462 g/mol. The molecule has 176 valence electrons. The number of hydrogen-bond acceptors (Lipinski definition) is 5. The van der Waals surface area contributed by atoms with E-state index in [1.807, 2.05) is 60.4 Å². The molecule has 0 aliphatic carbocycles. The Kier molecular flexibility index (Phi) is 6.20. The zero-order valence-corrected chi connectivity index (χ0v) is 19.7. The molecule has 1 fully saturated rings. The van der Waals surface area contributed by atoms with Gasteiger partial charge >= 0.3 is 5.97 Å². The van der Waals surface area contributed by atoms with Crippen LogP contribution in [-0.2, 0) is 0 Å². The average Bonchev–Trinajstić information content (AvgIpc) is 3.50. The summed E-state index contributed by atoms with van der Waals surface area (Å²) in [6.45, 7) is 2.53. The Morgan fingerprint density at radius 2 is 1.86 bits per heavy atom. The number of anilines is 1. The van der Waals surface area contributed by atoms with Crippen LogP contribution in [0.2, 0.25) is 0 Å². The second kappa shape index (κ2) is 9.60. The molecule has 8 heteroatoms. The molecule has 1 aliphatic rings. The maximum atomic E-state index is 11.8. The largest absolute Gasteiger partial charge is 0.494 e. The van der Waals surface area contributed by atoms with Gasteiger partial charge in [0.05, 0.1) is 23.9 Å². The maximum Gasteiger partial charge on any atom is 0.336 e. The topological polar surface area (TPSA) is 87.8 Å². The van der Waals surface area contributed by atoms with Crippen molar-refractivity contribution in [2.24, 2.45) is 0 Å². The van der Waals surface area contributed by atoms with Crippen LogP contribution in [0.25, 0.3) is 11.3 Å². The van der Waals surface area contributed by atoms with Crippen LogP contribution in [0, 0.1) is 0 Å². The SMILES string of the molecule is CCOc1ccc(N2C(=S)N[C@@H](c3ccccn3)[C@@H]2c2ccc(-c3ccccc3C(=O)O)o2)cc1. The molecule has 0 saturated carbocycles. The number of carbonyl (C=O) groups is 1. The van der Waals surface area contributed by atoms with Gasteiger partial charge in [-0.3, -0.25) is 4.98 Å². The van der Waals surface area contributed by atoms with Crippen molar-refractivity contribution >= 4 is 29.0 Å². The molecular formula is C27H23N3O4S. The Morgan fingerprint density at radius 1 is 1.09 bits per heavy atom. The minimum absolute atomic E-state index is 0.179. The van der Waals surface area contributed by atoms with Crippen molar-refractivity contribution in [1.29, 1.82) is 0 Å². The Balaban J connectivity index is 1.58. The fourth-order valence-corrected chi connectivity index (χ4v) is 4.68. The second-order valence-corrected chi connectivity index (χ2v) is 8.36. The third-order valence-corrected chi connectivity index (χ3v) is 6.18. The number of ether oxygens (including phenoxy) is 1. The fourth-order valence-electron chi connectivity index (χ4n) is 4.33. The molecule has 3 heterocycles. The first-order chi connectivity index (χ1) is 17.1. The van der Waals surface area contributed by atoms with Crippen molar-refractivity contribution in [2.75, 3.05) is 11.5 Å². The van der Waals surface area contributed by atoms with Gasteiger partial charge in [-0.1, -0.05) is 24.3 Å². The number of aromatic carboxylic acids is 1. The van der Waals surface area contributed by atoms with Crippen molar-refractivity contribution < 1.29 is 19.1 Å². The third-order valence-electron chi connectivity index (χ3n) is 5.87. The summed E-state index contributed by atoms with van der Waals surface area (Å²) in [4.78, 5) is 18.3. The molecule has 2 aromatic carbocycles. The number of carboxylic acids is 1. The summed E-state index contributed by atoms with van der Waals surface area (Å²) in [5.41, 5.74) is 2.38. The van der Waals surface area contributed by atoms with Gasteiger partial charge in [-0.25, -0.2) is 4.79 Å². The third kappa shape index (κ3) is 4.36. The molecule has 1 aliphatic heterocycles. The molecule has 35 heavy (non-hydrogen) atoms. The minimum Gasteiger partial charge on any atom is -0.494 e. The van der Waals surface area contributed by atoms with Crippen LogP contribution in [0.4, 0.5) is 5.69 Å². The van der Waals surface area contributed by atoms with E-state index in [0.717, 1.165) is 17.1 Å². The van der Waals surface area contributed by atoms with Crippen molar-refractivity contribution in [2.45, 2.75) is 19.0 Å². The first-order valence-electron chi connectivity index (χ1n) is 11.2. The smallest absolute Gasteiger partial charge is 0.336 e. The molecule has 2 aromatic heterocycles. The molecule has 0 unspecified atom stereocenters. The van der Waals surface area contributed by atoms with Gasteiger partial charge in [0.1, 0.15) is 23.3 Å². The van der Waals surface area contributed by atoms with Crippen LogP contribution in [0.15, 0.2) is 89.5 Å².